The number of rotatable bonds is 4. The Morgan fingerprint density at radius 1 is 1.44 bits per heavy atom. The van der Waals surface area contributed by atoms with E-state index in [-0.39, 0.29) is 18.1 Å². The highest BCUT2D eigenvalue weighted by atomic mass is 19.1. The van der Waals surface area contributed by atoms with Gasteiger partial charge in [-0.15, -0.1) is 0 Å². The van der Waals surface area contributed by atoms with E-state index in [4.69, 9.17) is 5.26 Å². The first kappa shape index (κ1) is 12.2. The lowest BCUT2D eigenvalue weighted by molar-refractivity contribution is -0.129. The van der Waals surface area contributed by atoms with Gasteiger partial charge in [0.25, 0.3) is 0 Å². The van der Waals surface area contributed by atoms with Gasteiger partial charge in [-0.2, -0.15) is 5.26 Å². The van der Waals surface area contributed by atoms with Crippen molar-refractivity contribution in [2.45, 2.75) is 12.8 Å². The molecule has 16 heavy (non-hydrogen) atoms. The third kappa shape index (κ3) is 3.70. The normalized spacial score (nSPS) is 9.56. The van der Waals surface area contributed by atoms with Crippen molar-refractivity contribution in [2.75, 3.05) is 13.6 Å². The Hall–Kier alpha value is -1.89. The smallest absolute Gasteiger partial charge is 0.226 e. The SMILES string of the molecule is CN(CCC#N)C(=O)Cc1ccc(F)cc1. The van der Waals surface area contributed by atoms with Gasteiger partial charge in [0.05, 0.1) is 18.9 Å². The highest BCUT2D eigenvalue weighted by molar-refractivity contribution is 5.78. The average molecular weight is 220 g/mol. The maximum Gasteiger partial charge on any atom is 0.226 e. The Bertz CT molecular complexity index is 394. The van der Waals surface area contributed by atoms with Gasteiger partial charge in [-0.05, 0) is 17.7 Å². The van der Waals surface area contributed by atoms with E-state index in [1.165, 1.54) is 17.0 Å². The first-order valence-corrected chi connectivity index (χ1v) is 4.99. The van der Waals surface area contributed by atoms with E-state index in [0.717, 1.165) is 5.56 Å². The van der Waals surface area contributed by atoms with Crippen molar-refractivity contribution in [1.29, 1.82) is 5.26 Å². The van der Waals surface area contributed by atoms with Gasteiger partial charge in [0, 0.05) is 13.6 Å². The molecule has 1 rings (SSSR count). The summed E-state index contributed by atoms with van der Waals surface area (Å²) in [7, 11) is 1.66. The highest BCUT2D eigenvalue weighted by Crippen LogP contribution is 2.05. The van der Waals surface area contributed by atoms with Crippen molar-refractivity contribution in [3.8, 4) is 6.07 Å². The van der Waals surface area contributed by atoms with Crippen LogP contribution in [-0.2, 0) is 11.2 Å². The molecule has 0 fully saturated rings. The third-order valence-electron chi connectivity index (χ3n) is 2.25. The molecule has 0 heterocycles. The largest absolute Gasteiger partial charge is 0.344 e. The highest BCUT2D eigenvalue weighted by Gasteiger charge is 2.08. The molecule has 0 aliphatic rings. The summed E-state index contributed by atoms with van der Waals surface area (Å²) in [5, 5.41) is 8.39. The van der Waals surface area contributed by atoms with Crippen molar-refractivity contribution in [3.05, 3.63) is 35.6 Å². The molecule has 1 amide bonds. The molecule has 0 atom stereocenters. The number of carbonyl (C=O) groups is 1. The van der Waals surface area contributed by atoms with Crippen molar-refractivity contribution < 1.29 is 9.18 Å². The van der Waals surface area contributed by atoms with Crippen LogP contribution in [0, 0.1) is 17.1 Å². The number of hydrogen-bond donors (Lipinski definition) is 0. The van der Waals surface area contributed by atoms with Crippen LogP contribution in [0.2, 0.25) is 0 Å². The second-order valence-corrected chi connectivity index (χ2v) is 3.53. The van der Waals surface area contributed by atoms with Crippen molar-refractivity contribution in [3.63, 3.8) is 0 Å². The molecule has 0 bridgehead atoms. The summed E-state index contributed by atoms with van der Waals surface area (Å²) >= 11 is 0. The van der Waals surface area contributed by atoms with E-state index in [9.17, 15) is 9.18 Å². The van der Waals surface area contributed by atoms with E-state index < -0.39 is 0 Å². The molecule has 84 valence electrons. The van der Waals surface area contributed by atoms with Gasteiger partial charge >= 0.3 is 0 Å². The summed E-state index contributed by atoms with van der Waals surface area (Å²) in [6, 6.07) is 7.82. The minimum atomic E-state index is -0.311. The molecule has 1 aromatic carbocycles. The molecule has 1 aromatic rings. The topological polar surface area (TPSA) is 44.1 Å². The maximum atomic E-state index is 12.6. The first-order chi connectivity index (χ1) is 7.63. The molecule has 0 radical (unpaired) electrons. The van der Waals surface area contributed by atoms with Crippen LogP contribution in [0.3, 0.4) is 0 Å². The fourth-order valence-electron chi connectivity index (χ4n) is 1.25. The quantitative estimate of drug-likeness (QED) is 0.775. The van der Waals surface area contributed by atoms with Gasteiger partial charge in [0.2, 0.25) is 5.91 Å². The van der Waals surface area contributed by atoms with E-state index in [0.29, 0.717) is 13.0 Å². The summed E-state index contributed by atoms with van der Waals surface area (Å²) in [6.45, 7) is 0.427. The van der Waals surface area contributed by atoms with Crippen LogP contribution < -0.4 is 0 Å². The van der Waals surface area contributed by atoms with Crippen LogP contribution in [0.1, 0.15) is 12.0 Å². The molecule has 0 aliphatic carbocycles. The van der Waals surface area contributed by atoms with Gasteiger partial charge in [-0.3, -0.25) is 4.79 Å². The Labute approximate surface area is 94.1 Å². The van der Waals surface area contributed by atoms with E-state index in [2.05, 4.69) is 0 Å². The van der Waals surface area contributed by atoms with Gasteiger partial charge < -0.3 is 4.90 Å². The molecular formula is C12H13FN2O. The second-order valence-electron chi connectivity index (χ2n) is 3.53. The maximum absolute atomic E-state index is 12.6. The first-order valence-electron chi connectivity index (χ1n) is 4.99. The Balaban J connectivity index is 2.51. The predicted molar refractivity (Wildman–Crippen MR) is 58.0 cm³/mol. The molecule has 4 heteroatoms. The second kappa shape index (κ2) is 5.86. The van der Waals surface area contributed by atoms with E-state index in [1.54, 1.807) is 19.2 Å². The summed E-state index contributed by atoms with van der Waals surface area (Å²) in [5.74, 6) is -0.379. The number of hydrogen-bond acceptors (Lipinski definition) is 2. The van der Waals surface area contributed by atoms with Crippen LogP contribution >= 0.6 is 0 Å². The number of likely N-dealkylation sites (N-methyl/N-ethyl adjacent to an activating group) is 1. The molecule has 0 saturated carbocycles. The predicted octanol–water partition coefficient (Wildman–Crippen LogP) is 1.74. The minimum Gasteiger partial charge on any atom is -0.344 e. The molecule has 0 spiro atoms. The minimum absolute atomic E-state index is 0.0677. The summed E-state index contributed by atoms with van der Waals surface area (Å²) in [6.07, 6.45) is 0.563. The van der Waals surface area contributed by atoms with Crippen LogP contribution in [-0.4, -0.2) is 24.4 Å². The van der Waals surface area contributed by atoms with Gasteiger partial charge in [-0.1, -0.05) is 12.1 Å². The van der Waals surface area contributed by atoms with E-state index in [1.807, 2.05) is 6.07 Å². The molecule has 3 nitrogen and oxygen atoms in total. The Morgan fingerprint density at radius 3 is 2.62 bits per heavy atom. The van der Waals surface area contributed by atoms with Crippen LogP contribution in [0.5, 0.6) is 0 Å². The summed E-state index contributed by atoms with van der Waals surface area (Å²) < 4.78 is 12.6. The van der Waals surface area contributed by atoms with Crippen LogP contribution in [0.25, 0.3) is 0 Å². The fourth-order valence-corrected chi connectivity index (χ4v) is 1.25. The molecule has 0 unspecified atom stereocenters. The Kier molecular flexibility index (Phi) is 4.46. The Morgan fingerprint density at radius 2 is 2.06 bits per heavy atom. The fraction of sp³-hybridized carbons (Fsp3) is 0.333. The zero-order valence-electron chi connectivity index (χ0n) is 9.11. The van der Waals surface area contributed by atoms with Crippen LogP contribution in [0.4, 0.5) is 4.39 Å². The molecule has 0 aromatic heterocycles. The van der Waals surface area contributed by atoms with Crippen molar-refractivity contribution in [2.24, 2.45) is 0 Å². The lowest BCUT2D eigenvalue weighted by atomic mass is 10.1. The third-order valence-corrected chi connectivity index (χ3v) is 2.25. The lowest BCUT2D eigenvalue weighted by Crippen LogP contribution is -2.28. The molecule has 0 aliphatic heterocycles. The summed E-state index contributed by atoms with van der Waals surface area (Å²) in [5.41, 5.74) is 0.773. The van der Waals surface area contributed by atoms with Gasteiger partial charge in [0.1, 0.15) is 5.82 Å². The number of halogens is 1. The summed E-state index contributed by atoms with van der Waals surface area (Å²) in [4.78, 5) is 13.1. The zero-order chi connectivity index (χ0) is 12.0. The standard InChI is InChI=1S/C12H13FN2O/c1-15(8-2-7-14)12(16)9-10-3-5-11(13)6-4-10/h3-6H,2,8-9H2,1H3. The number of benzene rings is 1. The number of carbonyl (C=O) groups excluding carboxylic acids is 1. The van der Waals surface area contributed by atoms with Crippen molar-refractivity contribution in [1.82, 2.24) is 4.90 Å². The number of nitriles is 1. The lowest BCUT2D eigenvalue weighted by Gasteiger charge is -2.15. The van der Waals surface area contributed by atoms with Crippen molar-refractivity contribution >= 4 is 5.91 Å². The van der Waals surface area contributed by atoms with Gasteiger partial charge in [-0.25, -0.2) is 4.39 Å². The van der Waals surface area contributed by atoms with Crippen LogP contribution in [0.15, 0.2) is 24.3 Å². The molecular weight excluding hydrogens is 207 g/mol. The zero-order valence-corrected chi connectivity index (χ0v) is 9.11. The van der Waals surface area contributed by atoms with E-state index >= 15 is 0 Å². The number of nitrogens with zero attached hydrogens (tertiary/aromatic N) is 2. The monoisotopic (exact) mass is 220 g/mol. The van der Waals surface area contributed by atoms with Gasteiger partial charge in [0.15, 0.2) is 0 Å². The molecule has 0 N–H and O–H groups in total. The molecule has 0 saturated heterocycles. The number of amides is 1. The average Bonchev–Trinajstić information content (AvgIpc) is 2.29.